The smallest absolute Gasteiger partial charge is 0.222 e. The van der Waals surface area contributed by atoms with E-state index in [1.165, 1.54) is 12.8 Å². The number of rotatable bonds is 7. The molecule has 160 valence electrons. The summed E-state index contributed by atoms with van der Waals surface area (Å²) in [6, 6.07) is 10.2. The lowest BCUT2D eigenvalue weighted by molar-refractivity contribution is -0.132. The van der Waals surface area contributed by atoms with E-state index in [4.69, 9.17) is 14.7 Å². The van der Waals surface area contributed by atoms with Gasteiger partial charge in [-0.25, -0.2) is 9.97 Å². The third kappa shape index (κ3) is 4.81. The third-order valence-electron chi connectivity index (χ3n) is 5.98. The Hall–Kier alpha value is -2.47. The van der Waals surface area contributed by atoms with Crippen LogP contribution >= 0.6 is 0 Å². The third-order valence-corrected chi connectivity index (χ3v) is 5.98. The van der Waals surface area contributed by atoms with Crippen LogP contribution in [0.3, 0.4) is 0 Å². The molecule has 1 aromatic carbocycles. The highest BCUT2D eigenvalue weighted by Crippen LogP contribution is 2.30. The number of amides is 1. The molecule has 0 spiro atoms. The molecule has 30 heavy (non-hydrogen) atoms. The van der Waals surface area contributed by atoms with Crippen molar-refractivity contribution in [3.05, 3.63) is 41.6 Å². The van der Waals surface area contributed by atoms with Crippen LogP contribution in [0.5, 0.6) is 0 Å². The SMILES string of the molecule is CCCCCCC(=O)N1CCc2nc(-c3ccccc3)nc(N3CCOCC3)c2C1. The number of carbonyl (C=O) groups is 1. The molecule has 0 atom stereocenters. The van der Waals surface area contributed by atoms with Crippen molar-refractivity contribution in [2.24, 2.45) is 0 Å². The standard InChI is InChI=1S/C24H32N4O2/c1-2-3-4-8-11-22(29)28-13-12-21-20(18-28)24(27-14-16-30-17-15-27)26-23(25-21)19-9-6-5-7-10-19/h5-7,9-10H,2-4,8,11-18H2,1H3. The van der Waals surface area contributed by atoms with E-state index in [1.807, 2.05) is 23.1 Å². The van der Waals surface area contributed by atoms with Gasteiger partial charge in [0.25, 0.3) is 0 Å². The summed E-state index contributed by atoms with van der Waals surface area (Å²) in [6.45, 7) is 6.61. The van der Waals surface area contributed by atoms with Crippen LogP contribution in [0, 0.1) is 0 Å². The molecule has 1 fully saturated rings. The van der Waals surface area contributed by atoms with Crippen LogP contribution in [-0.2, 0) is 22.5 Å². The topological polar surface area (TPSA) is 58.6 Å². The average Bonchev–Trinajstić information content (AvgIpc) is 2.82. The van der Waals surface area contributed by atoms with Crippen LogP contribution in [0.2, 0.25) is 0 Å². The maximum absolute atomic E-state index is 12.8. The summed E-state index contributed by atoms with van der Waals surface area (Å²) < 4.78 is 5.55. The van der Waals surface area contributed by atoms with Gasteiger partial charge in [0, 0.05) is 43.6 Å². The van der Waals surface area contributed by atoms with Crippen molar-refractivity contribution in [3.8, 4) is 11.4 Å². The first-order valence-electron chi connectivity index (χ1n) is 11.3. The first-order valence-corrected chi connectivity index (χ1v) is 11.3. The molecule has 2 aliphatic heterocycles. The summed E-state index contributed by atoms with van der Waals surface area (Å²) in [4.78, 5) is 27.0. The Morgan fingerprint density at radius 3 is 2.60 bits per heavy atom. The summed E-state index contributed by atoms with van der Waals surface area (Å²) in [5.41, 5.74) is 3.23. The van der Waals surface area contributed by atoms with Crippen LogP contribution < -0.4 is 4.90 Å². The molecule has 1 amide bonds. The lowest BCUT2D eigenvalue weighted by atomic mass is 10.0. The monoisotopic (exact) mass is 408 g/mol. The van der Waals surface area contributed by atoms with Gasteiger partial charge in [-0.05, 0) is 6.42 Å². The number of nitrogens with zero attached hydrogens (tertiary/aromatic N) is 4. The minimum atomic E-state index is 0.261. The summed E-state index contributed by atoms with van der Waals surface area (Å²) >= 11 is 0. The van der Waals surface area contributed by atoms with Crippen LogP contribution in [-0.4, -0.2) is 53.6 Å². The fraction of sp³-hybridized carbons (Fsp3) is 0.542. The van der Waals surface area contributed by atoms with Gasteiger partial charge in [0.15, 0.2) is 5.82 Å². The highest BCUT2D eigenvalue weighted by Gasteiger charge is 2.28. The second-order valence-corrected chi connectivity index (χ2v) is 8.14. The maximum Gasteiger partial charge on any atom is 0.222 e. The molecule has 0 bridgehead atoms. The van der Waals surface area contributed by atoms with Crippen LogP contribution in [0.4, 0.5) is 5.82 Å². The number of aromatic nitrogens is 2. The molecule has 2 aliphatic rings. The van der Waals surface area contributed by atoms with Gasteiger partial charge in [-0.1, -0.05) is 56.5 Å². The Bertz CT molecular complexity index is 850. The second kappa shape index (κ2) is 10.0. The summed E-state index contributed by atoms with van der Waals surface area (Å²) in [5, 5.41) is 0. The number of morpholine rings is 1. The summed E-state index contributed by atoms with van der Waals surface area (Å²) in [6.07, 6.45) is 5.94. The first kappa shape index (κ1) is 20.8. The predicted molar refractivity (Wildman–Crippen MR) is 118 cm³/mol. The number of benzene rings is 1. The van der Waals surface area contributed by atoms with Gasteiger partial charge in [0.2, 0.25) is 5.91 Å². The fourth-order valence-electron chi connectivity index (χ4n) is 4.22. The van der Waals surface area contributed by atoms with Gasteiger partial charge in [-0.2, -0.15) is 0 Å². The first-order chi connectivity index (χ1) is 14.8. The van der Waals surface area contributed by atoms with E-state index >= 15 is 0 Å². The fourth-order valence-corrected chi connectivity index (χ4v) is 4.22. The largest absolute Gasteiger partial charge is 0.378 e. The quantitative estimate of drug-likeness (QED) is 0.652. The van der Waals surface area contributed by atoms with Crippen molar-refractivity contribution in [2.75, 3.05) is 37.7 Å². The Morgan fingerprint density at radius 1 is 1.03 bits per heavy atom. The van der Waals surface area contributed by atoms with E-state index in [0.717, 1.165) is 67.4 Å². The number of hydrogen-bond acceptors (Lipinski definition) is 5. The Labute approximate surface area is 179 Å². The number of anilines is 1. The van der Waals surface area contributed by atoms with Crippen LogP contribution in [0.1, 0.15) is 50.3 Å². The van der Waals surface area contributed by atoms with Crippen molar-refractivity contribution in [3.63, 3.8) is 0 Å². The highest BCUT2D eigenvalue weighted by molar-refractivity contribution is 5.77. The van der Waals surface area contributed by atoms with Gasteiger partial charge < -0.3 is 14.5 Å². The molecule has 0 aliphatic carbocycles. The number of hydrogen-bond donors (Lipinski definition) is 0. The molecule has 2 aromatic rings. The second-order valence-electron chi connectivity index (χ2n) is 8.14. The zero-order valence-corrected chi connectivity index (χ0v) is 18.0. The number of unbranched alkanes of at least 4 members (excludes halogenated alkanes) is 3. The Balaban J connectivity index is 1.59. The summed E-state index contributed by atoms with van der Waals surface area (Å²) in [5.74, 6) is 2.01. The van der Waals surface area contributed by atoms with Crippen molar-refractivity contribution >= 4 is 11.7 Å². The molecule has 4 rings (SSSR count). The number of ether oxygens (including phenoxy) is 1. The van der Waals surface area contributed by atoms with Gasteiger partial charge >= 0.3 is 0 Å². The van der Waals surface area contributed by atoms with Crippen molar-refractivity contribution in [2.45, 2.75) is 52.0 Å². The molecule has 0 saturated carbocycles. The minimum Gasteiger partial charge on any atom is -0.378 e. The van der Waals surface area contributed by atoms with E-state index in [2.05, 4.69) is 24.0 Å². The van der Waals surface area contributed by atoms with Crippen molar-refractivity contribution in [1.29, 1.82) is 0 Å². The predicted octanol–water partition coefficient (Wildman–Crippen LogP) is 3.84. The molecule has 0 radical (unpaired) electrons. The van der Waals surface area contributed by atoms with E-state index < -0.39 is 0 Å². The van der Waals surface area contributed by atoms with Crippen molar-refractivity contribution < 1.29 is 9.53 Å². The molecule has 6 heteroatoms. The minimum absolute atomic E-state index is 0.261. The van der Waals surface area contributed by atoms with Crippen LogP contribution in [0.25, 0.3) is 11.4 Å². The molecule has 6 nitrogen and oxygen atoms in total. The van der Waals surface area contributed by atoms with E-state index in [-0.39, 0.29) is 5.91 Å². The molecular formula is C24H32N4O2. The molecule has 3 heterocycles. The van der Waals surface area contributed by atoms with E-state index in [1.54, 1.807) is 0 Å². The summed E-state index contributed by atoms with van der Waals surface area (Å²) in [7, 11) is 0. The molecule has 1 saturated heterocycles. The molecule has 0 unspecified atom stereocenters. The Morgan fingerprint density at radius 2 is 1.83 bits per heavy atom. The highest BCUT2D eigenvalue weighted by atomic mass is 16.5. The molecular weight excluding hydrogens is 376 g/mol. The van der Waals surface area contributed by atoms with Gasteiger partial charge in [-0.3, -0.25) is 4.79 Å². The lowest BCUT2D eigenvalue weighted by Gasteiger charge is -2.34. The van der Waals surface area contributed by atoms with Crippen LogP contribution in [0.15, 0.2) is 30.3 Å². The normalized spacial score (nSPS) is 16.4. The maximum atomic E-state index is 12.8. The molecule has 1 aromatic heterocycles. The molecule has 0 N–H and O–H groups in total. The van der Waals surface area contributed by atoms with Gasteiger partial charge in [-0.15, -0.1) is 0 Å². The van der Waals surface area contributed by atoms with E-state index in [9.17, 15) is 4.79 Å². The zero-order valence-electron chi connectivity index (χ0n) is 18.0. The number of carbonyl (C=O) groups excluding carboxylic acids is 1. The Kier molecular flexibility index (Phi) is 6.95. The average molecular weight is 409 g/mol. The lowest BCUT2D eigenvalue weighted by Crippen LogP contribution is -2.41. The van der Waals surface area contributed by atoms with Gasteiger partial charge in [0.05, 0.1) is 25.5 Å². The number of fused-ring (bicyclic) bond motifs is 1. The van der Waals surface area contributed by atoms with Gasteiger partial charge in [0.1, 0.15) is 5.82 Å². The van der Waals surface area contributed by atoms with E-state index in [0.29, 0.717) is 26.2 Å². The zero-order chi connectivity index (χ0) is 20.8. The van der Waals surface area contributed by atoms with Crippen molar-refractivity contribution in [1.82, 2.24) is 14.9 Å².